The minimum atomic E-state index is -0.673. The van der Waals surface area contributed by atoms with Gasteiger partial charge in [0.1, 0.15) is 0 Å². The lowest BCUT2D eigenvalue weighted by molar-refractivity contribution is -0.143. The Labute approximate surface area is 493 Å². The summed E-state index contributed by atoms with van der Waals surface area (Å²) >= 11 is 0. The number of amides is 1. The van der Waals surface area contributed by atoms with Gasteiger partial charge in [0.2, 0.25) is 5.91 Å². The molecule has 0 saturated heterocycles. The summed E-state index contributed by atoms with van der Waals surface area (Å²) in [5.41, 5.74) is 0. The summed E-state index contributed by atoms with van der Waals surface area (Å²) in [4.78, 5) is 24.6. The van der Waals surface area contributed by atoms with Crippen LogP contribution in [-0.2, 0) is 14.3 Å². The quantitative estimate of drug-likeness (QED) is 0.0320. The topological polar surface area (TPSA) is 95.9 Å². The number of hydrogen-bond donors (Lipinski definition) is 3. The maximum atomic E-state index is 12.5. The molecule has 3 N–H and O–H groups in total. The molecule has 6 nitrogen and oxygen atoms in total. The number of ether oxygens (including phenoxy) is 1. The summed E-state index contributed by atoms with van der Waals surface area (Å²) < 4.78 is 5.48. The Hall–Kier alpha value is -2.18. The van der Waals surface area contributed by atoms with Gasteiger partial charge in [-0.2, -0.15) is 0 Å². The summed E-state index contributed by atoms with van der Waals surface area (Å²) in [7, 11) is 0. The normalized spacial score (nSPS) is 12.8. The second-order valence-corrected chi connectivity index (χ2v) is 24.2. The molecule has 0 aromatic rings. The minimum absolute atomic E-state index is 0.00605. The lowest BCUT2D eigenvalue weighted by Crippen LogP contribution is -2.45. The number of nitrogens with one attached hydrogen (secondary N) is 1. The van der Waals surface area contributed by atoms with E-state index in [1.165, 1.54) is 283 Å². The molecule has 0 aliphatic rings. The van der Waals surface area contributed by atoms with E-state index in [4.69, 9.17) is 4.74 Å². The smallest absolute Gasteiger partial charge is 0.305 e. The van der Waals surface area contributed by atoms with Crippen molar-refractivity contribution >= 4 is 11.9 Å². The lowest BCUT2D eigenvalue weighted by atomic mass is 10.0. The third-order valence-electron chi connectivity index (χ3n) is 16.4. The molecule has 0 spiro atoms. The molecule has 0 saturated carbocycles. The first-order valence-electron chi connectivity index (χ1n) is 35.4. The molecule has 0 radical (unpaired) electrons. The van der Waals surface area contributed by atoms with E-state index >= 15 is 0 Å². The first-order chi connectivity index (χ1) is 39.0. The number of esters is 1. The summed E-state index contributed by atoms with van der Waals surface area (Å²) in [5, 5.41) is 23.4. The first kappa shape index (κ1) is 76.8. The standard InChI is InChI=1S/C73H137NO5/c1-3-5-7-9-11-13-15-17-19-21-22-23-25-28-31-34-37-41-45-49-53-57-61-65-71(76)70(69-75)74-72(77)66-62-58-54-50-46-42-38-35-32-29-26-24-27-30-33-36-40-44-48-52-56-60-64-68-79-73(78)67-63-59-55-51-47-43-39-20-18-16-14-12-10-8-6-4-2/h14,16,20,24,27,29,32,39,70-71,75-76H,3-13,15,17-19,21-23,25-26,28,30-31,33-38,40-69H2,1-2H3,(H,74,77)/b16-14-,27-24-,32-29-,39-20-. The van der Waals surface area contributed by atoms with Crippen molar-refractivity contribution in [2.45, 2.75) is 392 Å². The van der Waals surface area contributed by atoms with Gasteiger partial charge in [-0.1, -0.05) is 326 Å². The average molecular weight is 1110 g/mol. The number of allylic oxidation sites excluding steroid dienone is 8. The second-order valence-electron chi connectivity index (χ2n) is 24.2. The third-order valence-corrected chi connectivity index (χ3v) is 16.4. The molecule has 464 valence electrons. The van der Waals surface area contributed by atoms with Crippen LogP contribution in [-0.4, -0.2) is 47.4 Å². The van der Waals surface area contributed by atoms with Gasteiger partial charge in [-0.25, -0.2) is 0 Å². The van der Waals surface area contributed by atoms with Crippen molar-refractivity contribution in [2.75, 3.05) is 13.2 Å². The Morgan fingerprint density at radius 1 is 0.354 bits per heavy atom. The van der Waals surface area contributed by atoms with Crippen molar-refractivity contribution in [1.29, 1.82) is 0 Å². The molecule has 1 amide bonds. The van der Waals surface area contributed by atoms with Gasteiger partial charge in [0.15, 0.2) is 0 Å². The Bertz CT molecular complexity index is 1320. The molecule has 0 aromatic carbocycles. The fraction of sp³-hybridized carbons (Fsp3) is 0.863. The molecule has 0 fully saturated rings. The molecule has 0 heterocycles. The lowest BCUT2D eigenvalue weighted by Gasteiger charge is -2.22. The minimum Gasteiger partial charge on any atom is -0.466 e. The summed E-state index contributed by atoms with van der Waals surface area (Å²) in [6.45, 7) is 4.95. The van der Waals surface area contributed by atoms with E-state index in [1.807, 2.05) is 0 Å². The zero-order valence-corrected chi connectivity index (χ0v) is 53.1. The molecule has 0 aliphatic heterocycles. The van der Waals surface area contributed by atoms with Gasteiger partial charge in [0.05, 0.1) is 25.4 Å². The monoisotopic (exact) mass is 1110 g/mol. The highest BCUT2D eigenvalue weighted by Crippen LogP contribution is 2.18. The van der Waals surface area contributed by atoms with Crippen molar-refractivity contribution in [3.63, 3.8) is 0 Å². The molecule has 2 atom stereocenters. The second kappa shape index (κ2) is 68.3. The van der Waals surface area contributed by atoms with Gasteiger partial charge in [0, 0.05) is 12.8 Å². The Kier molecular flexibility index (Phi) is 66.4. The van der Waals surface area contributed by atoms with Crippen LogP contribution in [0.25, 0.3) is 0 Å². The maximum Gasteiger partial charge on any atom is 0.305 e. The van der Waals surface area contributed by atoms with Crippen molar-refractivity contribution in [3.05, 3.63) is 48.6 Å². The van der Waals surface area contributed by atoms with Crippen LogP contribution in [0, 0.1) is 0 Å². The SMILES string of the molecule is CCCCCC/C=C\C/C=C\CCCCCCCC(=O)OCCCCCCCCCCC/C=C\C/C=C\CCCCCCCCCC(=O)NC(CO)C(O)CCCCCCCCCCCCCCCCCCCCCCCCC. The maximum absolute atomic E-state index is 12.5. The van der Waals surface area contributed by atoms with Gasteiger partial charge in [0.25, 0.3) is 0 Å². The fourth-order valence-electron chi connectivity index (χ4n) is 10.9. The zero-order chi connectivity index (χ0) is 57.1. The molecule has 0 rings (SSSR count). The Morgan fingerprint density at radius 3 is 0.975 bits per heavy atom. The molecule has 0 aromatic heterocycles. The van der Waals surface area contributed by atoms with Crippen molar-refractivity contribution < 1.29 is 24.5 Å². The van der Waals surface area contributed by atoms with E-state index < -0.39 is 12.1 Å². The van der Waals surface area contributed by atoms with Gasteiger partial charge >= 0.3 is 5.97 Å². The van der Waals surface area contributed by atoms with Gasteiger partial charge < -0.3 is 20.3 Å². The molecular formula is C73H137NO5. The summed E-state index contributed by atoms with van der Waals surface area (Å²) in [5.74, 6) is -0.0482. The average Bonchev–Trinajstić information content (AvgIpc) is 3.45. The largest absolute Gasteiger partial charge is 0.466 e. The number of unbranched alkanes of at least 4 members (excludes halogenated alkanes) is 47. The van der Waals surface area contributed by atoms with E-state index in [0.29, 0.717) is 25.9 Å². The number of aliphatic hydroxyl groups is 2. The van der Waals surface area contributed by atoms with Crippen LogP contribution in [0.1, 0.15) is 380 Å². The van der Waals surface area contributed by atoms with E-state index in [9.17, 15) is 19.8 Å². The summed E-state index contributed by atoms with van der Waals surface area (Å²) in [6.07, 6.45) is 88.6. The number of rotatable bonds is 66. The van der Waals surface area contributed by atoms with Crippen molar-refractivity contribution in [2.24, 2.45) is 0 Å². The molecule has 0 bridgehead atoms. The van der Waals surface area contributed by atoms with Crippen LogP contribution in [0.4, 0.5) is 0 Å². The molecule has 2 unspecified atom stereocenters. The third kappa shape index (κ3) is 64.8. The highest BCUT2D eigenvalue weighted by atomic mass is 16.5. The number of hydrogen-bond acceptors (Lipinski definition) is 5. The fourth-order valence-corrected chi connectivity index (χ4v) is 10.9. The van der Waals surface area contributed by atoms with Crippen molar-refractivity contribution in [3.8, 4) is 0 Å². The molecule has 79 heavy (non-hydrogen) atoms. The molecule has 6 heteroatoms. The van der Waals surface area contributed by atoms with Crippen LogP contribution in [0.2, 0.25) is 0 Å². The van der Waals surface area contributed by atoms with Gasteiger partial charge in [-0.15, -0.1) is 0 Å². The predicted molar refractivity (Wildman–Crippen MR) is 347 cm³/mol. The van der Waals surface area contributed by atoms with Crippen molar-refractivity contribution in [1.82, 2.24) is 5.32 Å². The van der Waals surface area contributed by atoms with Crippen LogP contribution in [0.3, 0.4) is 0 Å². The Balaban J connectivity index is 3.45. The van der Waals surface area contributed by atoms with E-state index in [0.717, 1.165) is 64.2 Å². The zero-order valence-electron chi connectivity index (χ0n) is 53.1. The first-order valence-corrected chi connectivity index (χ1v) is 35.4. The number of carbonyl (C=O) groups is 2. The van der Waals surface area contributed by atoms with Crippen LogP contribution in [0.15, 0.2) is 48.6 Å². The van der Waals surface area contributed by atoms with Crippen LogP contribution >= 0.6 is 0 Å². The number of aliphatic hydroxyl groups excluding tert-OH is 2. The number of carbonyl (C=O) groups excluding carboxylic acids is 2. The van der Waals surface area contributed by atoms with Crippen LogP contribution in [0.5, 0.6) is 0 Å². The molecular weight excluding hydrogens is 971 g/mol. The summed E-state index contributed by atoms with van der Waals surface area (Å²) in [6, 6.07) is -0.552. The van der Waals surface area contributed by atoms with E-state index in [-0.39, 0.29) is 18.5 Å². The highest BCUT2D eigenvalue weighted by molar-refractivity contribution is 5.76. The van der Waals surface area contributed by atoms with E-state index in [1.54, 1.807) is 0 Å². The Morgan fingerprint density at radius 2 is 0.633 bits per heavy atom. The van der Waals surface area contributed by atoms with Crippen LogP contribution < -0.4 is 5.32 Å². The molecule has 0 aliphatic carbocycles. The van der Waals surface area contributed by atoms with Gasteiger partial charge in [-0.05, 0) is 89.9 Å². The predicted octanol–water partition coefficient (Wildman–Crippen LogP) is 22.9. The van der Waals surface area contributed by atoms with E-state index in [2.05, 4.69) is 67.8 Å². The highest BCUT2D eigenvalue weighted by Gasteiger charge is 2.20. The van der Waals surface area contributed by atoms with Gasteiger partial charge in [-0.3, -0.25) is 9.59 Å².